The summed E-state index contributed by atoms with van der Waals surface area (Å²) in [5, 5.41) is 3.25. The second-order valence-electron chi connectivity index (χ2n) is 3.72. The maximum absolute atomic E-state index is 11.0. The van der Waals surface area contributed by atoms with Crippen LogP contribution in [0.15, 0.2) is 0 Å². The molecule has 0 radical (unpaired) electrons. The van der Waals surface area contributed by atoms with Crippen LogP contribution in [0.1, 0.15) is 52.4 Å². The second-order valence-corrected chi connectivity index (χ2v) is 3.72. The van der Waals surface area contributed by atoms with Gasteiger partial charge in [-0.05, 0) is 19.9 Å². The van der Waals surface area contributed by atoms with E-state index in [9.17, 15) is 4.79 Å². The number of unbranched alkanes of at least 4 members (excludes halogenated alkanes) is 4. The van der Waals surface area contributed by atoms with Crippen LogP contribution < -0.4 is 5.32 Å². The van der Waals surface area contributed by atoms with Gasteiger partial charge in [-0.15, -0.1) is 0 Å². The van der Waals surface area contributed by atoms with Crippen molar-refractivity contribution >= 4 is 5.97 Å². The number of nitrogens with one attached hydrogen (secondary N) is 1. The van der Waals surface area contributed by atoms with E-state index in [2.05, 4.69) is 12.2 Å². The summed E-state index contributed by atoms with van der Waals surface area (Å²) in [4.78, 5) is 11.0. The zero-order valence-corrected chi connectivity index (χ0v) is 10.2. The summed E-state index contributed by atoms with van der Waals surface area (Å²) in [7, 11) is 0. The van der Waals surface area contributed by atoms with Gasteiger partial charge in [0.05, 0.1) is 13.0 Å². The highest BCUT2D eigenvalue weighted by molar-refractivity contribution is 5.69. The summed E-state index contributed by atoms with van der Waals surface area (Å²) in [6.45, 7) is 6.29. The SMILES string of the molecule is CCCCCCCNCCC(=O)OCC. The minimum Gasteiger partial charge on any atom is -0.466 e. The van der Waals surface area contributed by atoms with Gasteiger partial charge in [-0.2, -0.15) is 0 Å². The van der Waals surface area contributed by atoms with Crippen LogP contribution in [-0.4, -0.2) is 25.7 Å². The number of hydrogen-bond acceptors (Lipinski definition) is 3. The van der Waals surface area contributed by atoms with Crippen molar-refractivity contribution in [3.8, 4) is 0 Å². The lowest BCUT2D eigenvalue weighted by molar-refractivity contribution is -0.142. The molecule has 0 fully saturated rings. The quantitative estimate of drug-likeness (QED) is 0.449. The number of carbonyl (C=O) groups is 1. The van der Waals surface area contributed by atoms with E-state index in [4.69, 9.17) is 4.74 Å². The Morgan fingerprint density at radius 3 is 2.47 bits per heavy atom. The molecular formula is C12H25NO2. The molecule has 0 rings (SSSR count). The van der Waals surface area contributed by atoms with Crippen LogP contribution in [0.3, 0.4) is 0 Å². The highest BCUT2D eigenvalue weighted by atomic mass is 16.5. The van der Waals surface area contributed by atoms with E-state index < -0.39 is 0 Å². The largest absolute Gasteiger partial charge is 0.466 e. The van der Waals surface area contributed by atoms with Crippen molar-refractivity contribution in [1.29, 1.82) is 0 Å². The molecule has 0 amide bonds. The van der Waals surface area contributed by atoms with Crippen LogP contribution in [0.5, 0.6) is 0 Å². The van der Waals surface area contributed by atoms with Crippen LogP contribution in [0, 0.1) is 0 Å². The van der Waals surface area contributed by atoms with Gasteiger partial charge in [-0.25, -0.2) is 0 Å². The van der Waals surface area contributed by atoms with E-state index in [-0.39, 0.29) is 5.97 Å². The van der Waals surface area contributed by atoms with Crippen LogP contribution in [0.4, 0.5) is 0 Å². The average molecular weight is 215 g/mol. The molecule has 15 heavy (non-hydrogen) atoms. The van der Waals surface area contributed by atoms with Gasteiger partial charge in [0.2, 0.25) is 0 Å². The van der Waals surface area contributed by atoms with Crippen molar-refractivity contribution in [2.75, 3.05) is 19.7 Å². The Morgan fingerprint density at radius 1 is 1.07 bits per heavy atom. The molecule has 0 aliphatic heterocycles. The van der Waals surface area contributed by atoms with Gasteiger partial charge < -0.3 is 10.1 Å². The summed E-state index contributed by atoms with van der Waals surface area (Å²) in [6.07, 6.45) is 6.95. The molecule has 0 bridgehead atoms. The third-order valence-corrected chi connectivity index (χ3v) is 2.27. The third kappa shape index (κ3) is 11.4. The monoisotopic (exact) mass is 215 g/mol. The molecule has 0 aromatic carbocycles. The van der Waals surface area contributed by atoms with Crippen LogP contribution in [-0.2, 0) is 9.53 Å². The fraction of sp³-hybridized carbons (Fsp3) is 0.917. The first-order valence-corrected chi connectivity index (χ1v) is 6.17. The number of ether oxygens (including phenoxy) is 1. The Labute approximate surface area is 93.6 Å². The van der Waals surface area contributed by atoms with E-state index >= 15 is 0 Å². The molecule has 0 heterocycles. The summed E-state index contributed by atoms with van der Waals surface area (Å²) in [5.41, 5.74) is 0. The molecule has 0 unspecified atom stereocenters. The molecule has 0 aliphatic carbocycles. The van der Waals surface area contributed by atoms with Gasteiger partial charge in [0.15, 0.2) is 0 Å². The van der Waals surface area contributed by atoms with Crippen LogP contribution >= 0.6 is 0 Å². The smallest absolute Gasteiger partial charge is 0.307 e. The Bertz CT molecular complexity index is 149. The molecule has 90 valence electrons. The number of hydrogen-bond donors (Lipinski definition) is 1. The molecule has 0 saturated heterocycles. The van der Waals surface area contributed by atoms with E-state index in [0.29, 0.717) is 13.0 Å². The Balaban J connectivity index is 3.01. The fourth-order valence-electron chi connectivity index (χ4n) is 1.40. The normalized spacial score (nSPS) is 10.3. The lowest BCUT2D eigenvalue weighted by Crippen LogP contribution is -2.20. The maximum atomic E-state index is 11.0. The Hall–Kier alpha value is -0.570. The topological polar surface area (TPSA) is 38.3 Å². The second kappa shape index (κ2) is 11.5. The molecule has 0 saturated carbocycles. The lowest BCUT2D eigenvalue weighted by Gasteiger charge is -2.04. The average Bonchev–Trinajstić information content (AvgIpc) is 2.22. The highest BCUT2D eigenvalue weighted by Crippen LogP contribution is 2.00. The zero-order chi connectivity index (χ0) is 11.4. The van der Waals surface area contributed by atoms with Crippen molar-refractivity contribution < 1.29 is 9.53 Å². The van der Waals surface area contributed by atoms with Crippen LogP contribution in [0.25, 0.3) is 0 Å². The van der Waals surface area contributed by atoms with Gasteiger partial charge in [0.1, 0.15) is 0 Å². The zero-order valence-electron chi connectivity index (χ0n) is 10.2. The van der Waals surface area contributed by atoms with Crippen LogP contribution in [0.2, 0.25) is 0 Å². The van der Waals surface area contributed by atoms with Crippen molar-refractivity contribution in [2.24, 2.45) is 0 Å². The van der Waals surface area contributed by atoms with E-state index in [1.54, 1.807) is 0 Å². The van der Waals surface area contributed by atoms with Gasteiger partial charge in [0.25, 0.3) is 0 Å². The number of rotatable bonds is 10. The fourth-order valence-corrected chi connectivity index (χ4v) is 1.40. The predicted molar refractivity (Wildman–Crippen MR) is 62.9 cm³/mol. The molecular weight excluding hydrogens is 190 g/mol. The Morgan fingerprint density at radius 2 is 1.80 bits per heavy atom. The molecule has 0 spiro atoms. The molecule has 0 aromatic rings. The van der Waals surface area contributed by atoms with Crippen molar-refractivity contribution in [2.45, 2.75) is 52.4 Å². The first kappa shape index (κ1) is 14.4. The van der Waals surface area contributed by atoms with E-state index in [1.807, 2.05) is 6.92 Å². The molecule has 1 N–H and O–H groups in total. The third-order valence-electron chi connectivity index (χ3n) is 2.27. The Kier molecular flexibility index (Phi) is 11.1. The molecule has 0 aromatic heterocycles. The molecule has 0 atom stereocenters. The summed E-state index contributed by atoms with van der Waals surface area (Å²) in [6, 6.07) is 0. The molecule has 0 aliphatic rings. The van der Waals surface area contributed by atoms with Gasteiger partial charge in [0, 0.05) is 6.54 Å². The predicted octanol–water partition coefficient (Wildman–Crippen LogP) is 2.50. The summed E-state index contributed by atoms with van der Waals surface area (Å²) >= 11 is 0. The van der Waals surface area contributed by atoms with Gasteiger partial charge >= 0.3 is 5.97 Å². The molecule has 3 nitrogen and oxygen atoms in total. The van der Waals surface area contributed by atoms with E-state index in [1.165, 1.54) is 32.1 Å². The number of carbonyl (C=O) groups excluding carboxylic acids is 1. The standard InChI is InChI=1S/C12H25NO2/c1-3-5-6-7-8-10-13-11-9-12(14)15-4-2/h13H,3-11H2,1-2H3. The van der Waals surface area contributed by atoms with Gasteiger partial charge in [-0.3, -0.25) is 4.79 Å². The minimum absolute atomic E-state index is 0.101. The van der Waals surface area contributed by atoms with Crippen molar-refractivity contribution in [1.82, 2.24) is 5.32 Å². The van der Waals surface area contributed by atoms with E-state index in [0.717, 1.165) is 13.1 Å². The lowest BCUT2D eigenvalue weighted by atomic mass is 10.1. The first-order valence-electron chi connectivity index (χ1n) is 6.17. The molecule has 3 heteroatoms. The highest BCUT2D eigenvalue weighted by Gasteiger charge is 1.99. The summed E-state index contributed by atoms with van der Waals surface area (Å²) < 4.78 is 4.82. The number of esters is 1. The first-order chi connectivity index (χ1) is 7.31. The van der Waals surface area contributed by atoms with Crippen molar-refractivity contribution in [3.63, 3.8) is 0 Å². The van der Waals surface area contributed by atoms with Crippen molar-refractivity contribution in [3.05, 3.63) is 0 Å². The minimum atomic E-state index is -0.101. The maximum Gasteiger partial charge on any atom is 0.307 e. The van der Waals surface area contributed by atoms with Gasteiger partial charge in [-0.1, -0.05) is 32.6 Å². The summed E-state index contributed by atoms with van der Waals surface area (Å²) in [5.74, 6) is -0.101.